The van der Waals surface area contributed by atoms with E-state index in [1.54, 1.807) is 24.3 Å². The molecule has 28 heavy (non-hydrogen) atoms. The van der Waals surface area contributed by atoms with Crippen LogP contribution in [0.4, 0.5) is 5.69 Å². The number of benzene rings is 1. The number of carbonyl (C=O) groups excluding carboxylic acids is 2. The van der Waals surface area contributed by atoms with Crippen molar-refractivity contribution in [1.82, 2.24) is 0 Å². The molecule has 1 saturated carbocycles. The van der Waals surface area contributed by atoms with Gasteiger partial charge in [-0.2, -0.15) is 0 Å². The third-order valence-electron chi connectivity index (χ3n) is 5.86. The van der Waals surface area contributed by atoms with Gasteiger partial charge >= 0.3 is 0 Å². The van der Waals surface area contributed by atoms with E-state index in [0.717, 1.165) is 4.90 Å². The number of nitrogens with zero attached hydrogens (tertiary/aromatic N) is 1. The number of imide groups is 1. The number of anilines is 1. The molecule has 2 fully saturated rings. The Morgan fingerprint density at radius 1 is 0.857 bits per heavy atom. The van der Waals surface area contributed by atoms with Crippen LogP contribution in [0.5, 0.6) is 5.75 Å². The van der Waals surface area contributed by atoms with Crippen molar-refractivity contribution in [2.75, 3.05) is 26.2 Å². The molecule has 150 valence electrons. The second kappa shape index (κ2) is 6.24. The summed E-state index contributed by atoms with van der Waals surface area (Å²) in [5, 5.41) is -0.123. The van der Waals surface area contributed by atoms with Crippen molar-refractivity contribution >= 4 is 63.9 Å². The summed E-state index contributed by atoms with van der Waals surface area (Å²) >= 11 is 26.6. The Bertz CT molecular complexity index is 869. The molecule has 0 spiro atoms. The first-order valence-electron chi connectivity index (χ1n) is 8.23. The number of hydrogen-bond acceptors (Lipinski definition) is 5. The third-order valence-corrected chi connectivity index (χ3v) is 8.47. The van der Waals surface area contributed by atoms with E-state index in [4.69, 9.17) is 60.6 Å². The summed E-state index contributed by atoms with van der Waals surface area (Å²) in [4.78, 5) is 24.2. The van der Waals surface area contributed by atoms with Gasteiger partial charge in [-0.1, -0.05) is 23.2 Å². The highest BCUT2D eigenvalue weighted by Crippen LogP contribution is 2.75. The predicted octanol–water partition coefficient (Wildman–Crippen LogP) is 3.46. The average molecular weight is 467 g/mol. The Balaban J connectivity index is 1.88. The van der Waals surface area contributed by atoms with E-state index in [1.165, 1.54) is 21.3 Å². The molecule has 0 unspecified atom stereocenters. The molecule has 1 heterocycles. The zero-order valence-electron chi connectivity index (χ0n) is 15.0. The lowest BCUT2D eigenvalue weighted by atomic mass is 9.84. The maximum atomic E-state index is 13.4. The SMILES string of the molecule is COc1ccc(N2C(=O)[C@H]3[C@H](C2=O)[C@@]2(Cl)C(Cl)=C(Cl)[C@@]3(Cl)C2(OC)OC)cc1. The summed E-state index contributed by atoms with van der Waals surface area (Å²) in [6.45, 7) is 0. The van der Waals surface area contributed by atoms with Crippen LogP contribution in [0.1, 0.15) is 0 Å². The van der Waals surface area contributed by atoms with Gasteiger partial charge in [0.2, 0.25) is 17.6 Å². The number of alkyl halides is 2. The molecule has 0 aromatic heterocycles. The Hall–Kier alpha value is -1.02. The number of halogens is 4. The summed E-state index contributed by atoms with van der Waals surface area (Å²) in [7, 11) is 4.14. The van der Waals surface area contributed by atoms with Gasteiger partial charge in [0.25, 0.3) is 0 Å². The minimum atomic E-state index is -1.79. The van der Waals surface area contributed by atoms with Crippen LogP contribution in [0, 0.1) is 11.8 Å². The van der Waals surface area contributed by atoms with E-state index in [0.29, 0.717) is 11.4 Å². The lowest BCUT2D eigenvalue weighted by Crippen LogP contribution is -2.60. The molecule has 10 heteroatoms. The Morgan fingerprint density at radius 2 is 1.29 bits per heavy atom. The van der Waals surface area contributed by atoms with Crippen molar-refractivity contribution < 1.29 is 23.8 Å². The number of fused-ring (bicyclic) bond motifs is 5. The van der Waals surface area contributed by atoms with Gasteiger partial charge in [0.15, 0.2) is 0 Å². The molecule has 1 aliphatic heterocycles. The highest BCUT2D eigenvalue weighted by Gasteiger charge is 2.89. The Labute approximate surface area is 181 Å². The summed E-state index contributed by atoms with van der Waals surface area (Å²) in [6, 6.07) is 6.46. The second-order valence-electron chi connectivity index (χ2n) is 6.74. The minimum absolute atomic E-state index is 0.0616. The average Bonchev–Trinajstić information content (AvgIpc) is 3.12. The molecular weight excluding hydrogens is 452 g/mol. The molecule has 2 aliphatic carbocycles. The minimum Gasteiger partial charge on any atom is -0.497 e. The summed E-state index contributed by atoms with van der Waals surface area (Å²) in [6.07, 6.45) is 0. The molecule has 1 saturated heterocycles. The normalized spacial score (nSPS) is 35.8. The van der Waals surface area contributed by atoms with E-state index >= 15 is 0 Å². The summed E-state index contributed by atoms with van der Waals surface area (Å²) < 4.78 is 16.2. The van der Waals surface area contributed by atoms with Gasteiger partial charge in [-0.05, 0) is 24.3 Å². The van der Waals surface area contributed by atoms with Crippen molar-refractivity contribution in [2.24, 2.45) is 11.8 Å². The van der Waals surface area contributed by atoms with Crippen LogP contribution in [0.15, 0.2) is 34.3 Å². The Kier molecular flexibility index (Phi) is 4.51. The summed E-state index contributed by atoms with van der Waals surface area (Å²) in [5.74, 6) is -4.55. The first-order valence-corrected chi connectivity index (χ1v) is 9.74. The van der Waals surface area contributed by atoms with E-state index < -0.39 is 39.2 Å². The molecule has 1 aromatic rings. The van der Waals surface area contributed by atoms with Gasteiger partial charge < -0.3 is 14.2 Å². The number of carbonyl (C=O) groups is 2. The van der Waals surface area contributed by atoms with Crippen LogP contribution in [-0.4, -0.2) is 48.7 Å². The third kappa shape index (κ3) is 1.90. The Morgan fingerprint density at radius 3 is 1.64 bits per heavy atom. The topological polar surface area (TPSA) is 65.1 Å². The van der Waals surface area contributed by atoms with Crippen LogP contribution >= 0.6 is 46.4 Å². The van der Waals surface area contributed by atoms with Crippen LogP contribution in [0.3, 0.4) is 0 Å². The van der Waals surface area contributed by atoms with Crippen molar-refractivity contribution in [3.8, 4) is 5.75 Å². The van der Waals surface area contributed by atoms with Gasteiger partial charge in [0.1, 0.15) is 15.5 Å². The fraction of sp³-hybridized carbons (Fsp3) is 0.444. The first kappa shape index (κ1) is 20.3. The van der Waals surface area contributed by atoms with Crippen LogP contribution in [0.2, 0.25) is 0 Å². The predicted molar refractivity (Wildman–Crippen MR) is 105 cm³/mol. The van der Waals surface area contributed by atoms with E-state index in [1.807, 2.05) is 0 Å². The molecule has 2 amide bonds. The molecule has 6 nitrogen and oxygen atoms in total. The maximum absolute atomic E-state index is 13.4. The highest BCUT2D eigenvalue weighted by atomic mass is 35.5. The number of methoxy groups -OCH3 is 3. The van der Waals surface area contributed by atoms with Crippen molar-refractivity contribution in [3.05, 3.63) is 34.3 Å². The molecule has 1 aromatic carbocycles. The van der Waals surface area contributed by atoms with Gasteiger partial charge in [-0.3, -0.25) is 9.59 Å². The molecular formula is C18H15Cl4NO5. The molecule has 4 atom stereocenters. The number of amides is 2. The zero-order chi connectivity index (χ0) is 20.6. The fourth-order valence-electron chi connectivity index (χ4n) is 4.69. The molecule has 2 bridgehead atoms. The quantitative estimate of drug-likeness (QED) is 0.386. The van der Waals surface area contributed by atoms with E-state index in [2.05, 4.69) is 0 Å². The standard InChI is InChI=1S/C18H15Cl4NO5/c1-26-9-6-4-8(5-7-9)23-14(24)10-11(15(23)25)17(22)13(20)12(19)16(10,21)18(17,27-2)28-3/h4-7,10-11H,1-3H3/t10-,11-,16-,17-/m1/s1. The first-order chi connectivity index (χ1) is 13.2. The number of rotatable bonds is 4. The van der Waals surface area contributed by atoms with Crippen molar-refractivity contribution in [2.45, 2.75) is 15.5 Å². The van der Waals surface area contributed by atoms with Crippen molar-refractivity contribution in [3.63, 3.8) is 0 Å². The van der Waals surface area contributed by atoms with Gasteiger partial charge in [0, 0.05) is 14.2 Å². The van der Waals surface area contributed by atoms with E-state index in [9.17, 15) is 9.59 Å². The van der Waals surface area contributed by atoms with Gasteiger partial charge in [-0.15, -0.1) is 23.2 Å². The summed E-state index contributed by atoms with van der Waals surface area (Å²) in [5.41, 5.74) is 0.359. The van der Waals surface area contributed by atoms with Gasteiger partial charge in [-0.25, -0.2) is 4.90 Å². The maximum Gasteiger partial charge on any atom is 0.240 e. The van der Waals surface area contributed by atoms with Crippen LogP contribution < -0.4 is 9.64 Å². The van der Waals surface area contributed by atoms with Gasteiger partial charge in [0.05, 0.1) is 34.7 Å². The molecule has 0 radical (unpaired) electrons. The molecule has 4 rings (SSSR count). The lowest BCUT2D eigenvalue weighted by molar-refractivity contribution is -0.221. The monoisotopic (exact) mass is 465 g/mol. The number of hydrogen-bond donors (Lipinski definition) is 0. The molecule has 3 aliphatic rings. The smallest absolute Gasteiger partial charge is 0.240 e. The fourth-order valence-corrected chi connectivity index (χ4v) is 6.85. The van der Waals surface area contributed by atoms with Crippen LogP contribution in [0.25, 0.3) is 0 Å². The molecule has 0 N–H and O–H groups in total. The van der Waals surface area contributed by atoms with Crippen LogP contribution in [-0.2, 0) is 19.1 Å². The lowest BCUT2D eigenvalue weighted by Gasteiger charge is -2.42. The second-order valence-corrected chi connectivity index (χ2v) is 8.69. The largest absolute Gasteiger partial charge is 0.497 e. The van der Waals surface area contributed by atoms with Crippen molar-refractivity contribution in [1.29, 1.82) is 0 Å². The highest BCUT2D eigenvalue weighted by molar-refractivity contribution is 6.54. The zero-order valence-corrected chi connectivity index (χ0v) is 18.0. The number of ether oxygens (including phenoxy) is 3. The van der Waals surface area contributed by atoms with E-state index in [-0.39, 0.29) is 10.1 Å².